The van der Waals surface area contributed by atoms with Gasteiger partial charge in [0.2, 0.25) is 11.8 Å². The highest BCUT2D eigenvalue weighted by atomic mass is 16.5. The van der Waals surface area contributed by atoms with Gasteiger partial charge in [0.1, 0.15) is 5.56 Å². The monoisotopic (exact) mass is 609 g/mol. The van der Waals surface area contributed by atoms with E-state index >= 15 is 0 Å². The topological polar surface area (TPSA) is 118 Å². The Bertz CT molecular complexity index is 1600. The molecule has 1 aliphatic rings. The van der Waals surface area contributed by atoms with E-state index in [9.17, 15) is 4.79 Å². The van der Waals surface area contributed by atoms with Gasteiger partial charge in [0.15, 0.2) is 11.5 Å². The SMILES string of the molecule is COc1cc(CCN)ccc1Oc1nc(Nc2ccc(N3CCN(C(C)C)CC3)cc2)ncc1C(=O)Nc1c(C)cccc1C. The van der Waals surface area contributed by atoms with E-state index in [1.807, 2.05) is 56.3 Å². The number of aryl methyl sites for hydroxylation is 2. The number of hydrogen-bond acceptors (Lipinski definition) is 9. The zero-order valence-electron chi connectivity index (χ0n) is 26.8. The highest BCUT2D eigenvalue weighted by molar-refractivity contribution is 6.06. The number of amides is 1. The fourth-order valence-corrected chi connectivity index (χ4v) is 5.46. The van der Waals surface area contributed by atoms with Gasteiger partial charge in [-0.1, -0.05) is 24.3 Å². The smallest absolute Gasteiger partial charge is 0.262 e. The van der Waals surface area contributed by atoms with Gasteiger partial charge in [-0.2, -0.15) is 4.98 Å². The number of aromatic nitrogens is 2. The molecule has 3 aromatic carbocycles. The van der Waals surface area contributed by atoms with Crippen molar-refractivity contribution in [3.63, 3.8) is 0 Å². The maximum Gasteiger partial charge on any atom is 0.262 e. The van der Waals surface area contributed by atoms with Gasteiger partial charge in [0.05, 0.1) is 7.11 Å². The van der Waals surface area contributed by atoms with Crippen molar-refractivity contribution in [2.24, 2.45) is 5.73 Å². The summed E-state index contributed by atoms with van der Waals surface area (Å²) in [6.45, 7) is 13.0. The number of ether oxygens (including phenoxy) is 2. The molecular formula is C35H43N7O3. The van der Waals surface area contributed by atoms with Crippen LogP contribution in [0.1, 0.15) is 40.9 Å². The van der Waals surface area contributed by atoms with Crippen molar-refractivity contribution in [1.82, 2.24) is 14.9 Å². The van der Waals surface area contributed by atoms with E-state index < -0.39 is 0 Å². The molecule has 5 rings (SSSR count). The molecule has 0 unspecified atom stereocenters. The van der Waals surface area contributed by atoms with Gasteiger partial charge in [-0.15, -0.1) is 0 Å². The van der Waals surface area contributed by atoms with Crippen molar-refractivity contribution in [2.45, 2.75) is 40.2 Å². The van der Waals surface area contributed by atoms with Crippen LogP contribution in [-0.4, -0.2) is 66.7 Å². The summed E-state index contributed by atoms with van der Waals surface area (Å²) in [5.41, 5.74) is 11.6. The minimum atomic E-state index is -0.380. The Kier molecular flexibility index (Phi) is 10.2. The molecule has 1 amide bonds. The van der Waals surface area contributed by atoms with Gasteiger partial charge in [0, 0.05) is 55.5 Å². The molecule has 4 N–H and O–H groups in total. The predicted molar refractivity (Wildman–Crippen MR) is 180 cm³/mol. The Morgan fingerprint density at radius 3 is 2.33 bits per heavy atom. The third kappa shape index (κ3) is 7.71. The number of nitrogens with zero attached hydrogens (tertiary/aromatic N) is 4. The molecule has 1 aliphatic heterocycles. The van der Waals surface area contributed by atoms with Crippen LogP contribution >= 0.6 is 0 Å². The third-order valence-corrected chi connectivity index (χ3v) is 8.12. The molecule has 4 aromatic rings. The standard InChI is InChI=1S/C35H43N7O3/c1-23(2)41-17-19-42(20-18-41)28-12-10-27(11-13-28)38-35-37-22-29(33(43)39-32-24(3)7-6-8-25(32)4)34(40-35)45-30-14-9-26(15-16-36)21-31(30)44-5/h6-14,21-23H,15-20,36H2,1-5H3,(H,39,43)(H,37,38,40). The summed E-state index contributed by atoms with van der Waals surface area (Å²) in [5, 5.41) is 6.28. The molecule has 0 spiro atoms. The third-order valence-electron chi connectivity index (χ3n) is 8.12. The van der Waals surface area contributed by atoms with Crippen molar-refractivity contribution >= 4 is 28.9 Å². The molecule has 0 bridgehead atoms. The number of nitrogens with two attached hydrogens (primary N) is 1. The number of anilines is 4. The Balaban J connectivity index is 1.40. The first-order valence-corrected chi connectivity index (χ1v) is 15.4. The number of benzene rings is 3. The number of hydrogen-bond donors (Lipinski definition) is 3. The van der Waals surface area contributed by atoms with Crippen molar-refractivity contribution in [3.8, 4) is 17.4 Å². The van der Waals surface area contributed by atoms with Crippen LogP contribution in [0.5, 0.6) is 17.4 Å². The van der Waals surface area contributed by atoms with E-state index in [0.717, 1.165) is 54.2 Å². The lowest BCUT2D eigenvalue weighted by Crippen LogP contribution is -2.48. The van der Waals surface area contributed by atoms with Gasteiger partial charge in [-0.25, -0.2) is 4.98 Å². The van der Waals surface area contributed by atoms with Gasteiger partial charge in [-0.05, 0) is 93.7 Å². The largest absolute Gasteiger partial charge is 0.493 e. The lowest BCUT2D eigenvalue weighted by Gasteiger charge is -2.38. The van der Waals surface area contributed by atoms with Crippen LogP contribution in [0, 0.1) is 13.8 Å². The summed E-state index contributed by atoms with van der Waals surface area (Å²) in [4.78, 5) is 27.6. The van der Waals surface area contributed by atoms with Crippen LogP contribution in [0.4, 0.5) is 23.0 Å². The number of methoxy groups -OCH3 is 1. The van der Waals surface area contributed by atoms with E-state index in [1.165, 1.54) is 11.9 Å². The molecule has 1 fully saturated rings. The van der Waals surface area contributed by atoms with Gasteiger partial charge < -0.3 is 30.7 Å². The first-order chi connectivity index (χ1) is 21.7. The second-order valence-electron chi connectivity index (χ2n) is 11.5. The van der Waals surface area contributed by atoms with Crippen LogP contribution < -0.4 is 30.7 Å². The summed E-state index contributed by atoms with van der Waals surface area (Å²) in [6.07, 6.45) is 2.18. The quantitative estimate of drug-likeness (QED) is 0.190. The number of rotatable bonds is 11. The molecule has 0 atom stereocenters. The van der Waals surface area contributed by atoms with E-state index in [-0.39, 0.29) is 17.4 Å². The molecule has 45 heavy (non-hydrogen) atoms. The van der Waals surface area contributed by atoms with Crippen molar-refractivity contribution in [2.75, 3.05) is 55.4 Å². The zero-order valence-corrected chi connectivity index (χ0v) is 26.8. The summed E-state index contributed by atoms with van der Waals surface area (Å²) in [7, 11) is 1.57. The maximum absolute atomic E-state index is 13.6. The van der Waals surface area contributed by atoms with E-state index in [1.54, 1.807) is 13.2 Å². The minimum absolute atomic E-state index is 0.0979. The number of piperazine rings is 1. The van der Waals surface area contributed by atoms with Gasteiger partial charge in [-0.3, -0.25) is 9.69 Å². The molecule has 236 valence electrons. The van der Waals surface area contributed by atoms with Crippen LogP contribution in [0.2, 0.25) is 0 Å². The fraction of sp³-hybridized carbons (Fsp3) is 0.343. The van der Waals surface area contributed by atoms with E-state index in [0.29, 0.717) is 36.5 Å². The molecule has 1 saturated heterocycles. The molecule has 0 saturated carbocycles. The fourth-order valence-electron chi connectivity index (χ4n) is 5.46. The Hall–Kier alpha value is -4.67. The van der Waals surface area contributed by atoms with E-state index in [4.69, 9.17) is 15.2 Å². The van der Waals surface area contributed by atoms with Crippen molar-refractivity contribution < 1.29 is 14.3 Å². The van der Waals surface area contributed by atoms with E-state index in [2.05, 4.69) is 56.4 Å². The second kappa shape index (κ2) is 14.4. The Labute approximate surface area is 265 Å². The highest BCUT2D eigenvalue weighted by Gasteiger charge is 2.21. The van der Waals surface area contributed by atoms with Crippen LogP contribution in [0.3, 0.4) is 0 Å². The zero-order chi connectivity index (χ0) is 31.9. The average molecular weight is 610 g/mol. The van der Waals surface area contributed by atoms with Crippen LogP contribution in [0.25, 0.3) is 0 Å². The first kappa shape index (κ1) is 31.7. The Morgan fingerprint density at radius 1 is 0.978 bits per heavy atom. The van der Waals surface area contributed by atoms with Crippen LogP contribution in [-0.2, 0) is 6.42 Å². The predicted octanol–water partition coefficient (Wildman–Crippen LogP) is 5.92. The first-order valence-electron chi connectivity index (χ1n) is 15.4. The van der Waals surface area contributed by atoms with Crippen LogP contribution in [0.15, 0.2) is 66.9 Å². The summed E-state index contributed by atoms with van der Waals surface area (Å²) in [6, 6.07) is 20.2. The lowest BCUT2D eigenvalue weighted by molar-refractivity contribution is 0.102. The molecule has 10 heteroatoms. The maximum atomic E-state index is 13.6. The number of carbonyl (C=O) groups is 1. The summed E-state index contributed by atoms with van der Waals surface area (Å²) in [5.74, 6) is 0.951. The number of nitrogens with one attached hydrogen (secondary N) is 2. The molecule has 2 heterocycles. The summed E-state index contributed by atoms with van der Waals surface area (Å²) >= 11 is 0. The molecular weight excluding hydrogens is 566 g/mol. The molecule has 0 radical (unpaired) electrons. The van der Waals surface area contributed by atoms with Crippen molar-refractivity contribution in [3.05, 3.63) is 89.1 Å². The average Bonchev–Trinajstić information content (AvgIpc) is 3.04. The number of para-hydroxylation sites is 1. The van der Waals surface area contributed by atoms with Gasteiger partial charge >= 0.3 is 0 Å². The highest BCUT2D eigenvalue weighted by Crippen LogP contribution is 2.34. The van der Waals surface area contributed by atoms with Gasteiger partial charge in [0.25, 0.3) is 5.91 Å². The van der Waals surface area contributed by atoms with Crippen molar-refractivity contribution in [1.29, 1.82) is 0 Å². The molecule has 0 aliphatic carbocycles. The minimum Gasteiger partial charge on any atom is -0.493 e. The molecule has 1 aromatic heterocycles. The normalized spacial score (nSPS) is 13.5. The second-order valence-corrected chi connectivity index (χ2v) is 11.5. The summed E-state index contributed by atoms with van der Waals surface area (Å²) < 4.78 is 11.9. The number of carbonyl (C=O) groups excluding carboxylic acids is 1. The molecule has 10 nitrogen and oxygen atoms in total. The lowest BCUT2D eigenvalue weighted by atomic mass is 10.1. The Morgan fingerprint density at radius 2 is 1.69 bits per heavy atom.